The third-order valence-corrected chi connectivity index (χ3v) is 7.40. The number of fused-ring (bicyclic) bond motifs is 4. The van der Waals surface area contributed by atoms with E-state index in [0.717, 1.165) is 28.8 Å². The van der Waals surface area contributed by atoms with Crippen LogP contribution < -0.4 is 10.1 Å². The number of benzene rings is 4. The minimum Gasteiger partial charge on any atom is -0.489 e. The topological polar surface area (TPSA) is 33.6 Å². The highest BCUT2D eigenvalue weighted by molar-refractivity contribution is 6.03. The summed E-state index contributed by atoms with van der Waals surface area (Å²) in [6, 6.07) is 28.1. The van der Waals surface area contributed by atoms with Gasteiger partial charge in [0.2, 0.25) is 0 Å². The largest absolute Gasteiger partial charge is 0.489 e. The Kier molecular flexibility index (Phi) is 5.90. The van der Waals surface area contributed by atoms with Gasteiger partial charge in [0.05, 0.1) is 11.7 Å². The number of nitrogens with zero attached hydrogens (tertiary/aromatic N) is 1. The molecule has 2 aliphatic rings. The average Bonchev–Trinajstić information content (AvgIpc) is 3.41. The zero-order valence-electron chi connectivity index (χ0n) is 20.5. The van der Waals surface area contributed by atoms with Crippen LogP contribution in [0.1, 0.15) is 40.6 Å². The van der Waals surface area contributed by atoms with Crippen LogP contribution in [0, 0.1) is 12.8 Å². The molecule has 6 rings (SSSR count). The average molecular weight is 471 g/mol. The zero-order valence-corrected chi connectivity index (χ0v) is 20.5. The number of nitrogens with one attached hydrogen (secondary N) is 1. The van der Waals surface area contributed by atoms with E-state index in [9.17, 15) is 0 Å². The lowest BCUT2D eigenvalue weighted by Crippen LogP contribution is -2.29. The molecular weight excluding hydrogens is 440 g/mol. The summed E-state index contributed by atoms with van der Waals surface area (Å²) in [6.07, 6.45) is 9.52. The first-order chi connectivity index (χ1) is 17.7. The number of rotatable bonds is 6. The molecule has 0 radical (unpaired) electrons. The summed E-state index contributed by atoms with van der Waals surface area (Å²) in [7, 11) is 0. The Morgan fingerprint density at radius 2 is 1.89 bits per heavy atom. The molecule has 0 aromatic heterocycles. The molecule has 1 N–H and O–H groups in total. The van der Waals surface area contributed by atoms with Crippen molar-refractivity contribution in [2.24, 2.45) is 10.9 Å². The van der Waals surface area contributed by atoms with Crippen molar-refractivity contribution in [3.05, 3.63) is 126 Å². The van der Waals surface area contributed by atoms with E-state index in [1.54, 1.807) is 6.08 Å². The molecule has 1 aliphatic heterocycles. The standard InChI is InChI=1S/C33H30N2O/c1-3-19-36-32-18-14-23-7-4-5-8-26(23)30(32)21-34-25-15-12-24(13-16-25)33-28-10-6-9-27(28)29-20-22(2)11-17-31(29)35-33/h3-9,11-18,20-21,27-28,33,35H,1,10,19H2,2H3/t27-,28-,33+/m1/s1. The van der Waals surface area contributed by atoms with Gasteiger partial charge in [-0.15, -0.1) is 0 Å². The fourth-order valence-corrected chi connectivity index (χ4v) is 5.63. The molecule has 0 fully saturated rings. The molecule has 0 amide bonds. The van der Waals surface area contributed by atoms with E-state index in [1.807, 2.05) is 18.3 Å². The van der Waals surface area contributed by atoms with Crippen LogP contribution in [-0.2, 0) is 0 Å². The zero-order chi connectivity index (χ0) is 24.5. The molecule has 0 unspecified atom stereocenters. The van der Waals surface area contributed by atoms with Gasteiger partial charge in [-0.25, -0.2) is 0 Å². The SMILES string of the molecule is C=CCOc1ccc2ccccc2c1C=Nc1ccc([C@@H]2Nc3ccc(C)cc3[C@@H]3C=CC[C@H]32)cc1. The lowest BCUT2D eigenvalue weighted by atomic mass is 9.76. The predicted molar refractivity (Wildman–Crippen MR) is 151 cm³/mol. The van der Waals surface area contributed by atoms with E-state index in [0.29, 0.717) is 18.4 Å². The van der Waals surface area contributed by atoms with Gasteiger partial charge in [-0.3, -0.25) is 4.99 Å². The Balaban J connectivity index is 1.28. The van der Waals surface area contributed by atoms with E-state index in [4.69, 9.17) is 9.73 Å². The van der Waals surface area contributed by atoms with E-state index < -0.39 is 0 Å². The molecular formula is C33H30N2O. The van der Waals surface area contributed by atoms with Crippen molar-refractivity contribution in [1.82, 2.24) is 0 Å². The first-order valence-corrected chi connectivity index (χ1v) is 12.6. The van der Waals surface area contributed by atoms with Crippen LogP contribution in [0.4, 0.5) is 11.4 Å². The van der Waals surface area contributed by atoms with Crippen molar-refractivity contribution in [2.75, 3.05) is 11.9 Å². The highest BCUT2D eigenvalue weighted by Gasteiger charge is 2.37. The van der Waals surface area contributed by atoms with Crippen LogP contribution in [0.5, 0.6) is 5.75 Å². The number of aliphatic imine (C=N–C) groups is 1. The van der Waals surface area contributed by atoms with Gasteiger partial charge in [0.1, 0.15) is 12.4 Å². The monoisotopic (exact) mass is 470 g/mol. The maximum atomic E-state index is 5.93. The Hall–Kier alpha value is -4.11. The van der Waals surface area contributed by atoms with Crippen molar-refractivity contribution in [3.63, 3.8) is 0 Å². The summed E-state index contributed by atoms with van der Waals surface area (Å²) in [6.45, 7) is 6.41. The molecule has 0 spiro atoms. The van der Waals surface area contributed by atoms with E-state index in [2.05, 4.69) is 97.7 Å². The van der Waals surface area contributed by atoms with Crippen molar-refractivity contribution >= 4 is 28.4 Å². The highest BCUT2D eigenvalue weighted by atomic mass is 16.5. The highest BCUT2D eigenvalue weighted by Crippen LogP contribution is 2.50. The predicted octanol–water partition coefficient (Wildman–Crippen LogP) is 8.29. The Labute approximate surface area is 212 Å². The molecule has 3 nitrogen and oxygen atoms in total. The van der Waals surface area contributed by atoms with Gasteiger partial charge in [-0.2, -0.15) is 0 Å². The second kappa shape index (κ2) is 9.50. The number of hydrogen-bond acceptors (Lipinski definition) is 3. The van der Waals surface area contributed by atoms with Gasteiger partial charge in [-0.1, -0.05) is 85.0 Å². The summed E-state index contributed by atoms with van der Waals surface area (Å²) in [5.41, 5.74) is 7.21. The molecule has 3 heteroatoms. The van der Waals surface area contributed by atoms with Crippen LogP contribution in [-0.4, -0.2) is 12.8 Å². The van der Waals surface area contributed by atoms with Gasteiger partial charge in [-0.05, 0) is 65.4 Å². The quantitative estimate of drug-likeness (QED) is 0.227. The summed E-state index contributed by atoms with van der Waals surface area (Å²) >= 11 is 0. The summed E-state index contributed by atoms with van der Waals surface area (Å²) in [4.78, 5) is 4.83. The number of hydrogen-bond donors (Lipinski definition) is 1. The van der Waals surface area contributed by atoms with E-state index >= 15 is 0 Å². The van der Waals surface area contributed by atoms with Crippen molar-refractivity contribution in [3.8, 4) is 5.75 Å². The molecule has 4 aromatic carbocycles. The smallest absolute Gasteiger partial charge is 0.129 e. The van der Waals surface area contributed by atoms with Crippen LogP contribution in [0.25, 0.3) is 10.8 Å². The fraction of sp³-hybridized carbons (Fsp3) is 0.182. The Morgan fingerprint density at radius 3 is 2.75 bits per heavy atom. The van der Waals surface area contributed by atoms with Gasteiger partial charge in [0.25, 0.3) is 0 Å². The van der Waals surface area contributed by atoms with Crippen LogP contribution >= 0.6 is 0 Å². The van der Waals surface area contributed by atoms with E-state index in [-0.39, 0.29) is 6.04 Å². The fourth-order valence-electron chi connectivity index (χ4n) is 5.63. The number of anilines is 1. The number of allylic oxidation sites excluding steroid dienone is 2. The summed E-state index contributed by atoms with van der Waals surface area (Å²) in [5.74, 6) is 1.83. The van der Waals surface area contributed by atoms with Gasteiger partial charge in [0.15, 0.2) is 0 Å². The lowest BCUT2D eigenvalue weighted by Gasteiger charge is -2.37. The molecule has 36 heavy (non-hydrogen) atoms. The first-order valence-electron chi connectivity index (χ1n) is 12.6. The Bertz CT molecular complexity index is 1480. The van der Waals surface area contributed by atoms with Crippen molar-refractivity contribution < 1.29 is 4.74 Å². The maximum absolute atomic E-state index is 5.93. The molecule has 4 aromatic rings. The third kappa shape index (κ3) is 4.11. The second-order valence-electron chi connectivity index (χ2n) is 9.71. The molecule has 1 heterocycles. The van der Waals surface area contributed by atoms with Crippen LogP contribution in [0.2, 0.25) is 0 Å². The minimum atomic E-state index is 0.287. The Morgan fingerprint density at radius 1 is 1.03 bits per heavy atom. The lowest BCUT2D eigenvalue weighted by molar-refractivity contribution is 0.363. The molecule has 0 saturated carbocycles. The molecule has 0 bridgehead atoms. The van der Waals surface area contributed by atoms with Crippen molar-refractivity contribution in [1.29, 1.82) is 0 Å². The molecule has 178 valence electrons. The maximum Gasteiger partial charge on any atom is 0.129 e. The van der Waals surface area contributed by atoms with Gasteiger partial charge in [0, 0.05) is 23.4 Å². The van der Waals surface area contributed by atoms with Crippen LogP contribution in [0.3, 0.4) is 0 Å². The number of ether oxygens (including phenoxy) is 1. The molecule has 3 atom stereocenters. The van der Waals surface area contributed by atoms with Crippen LogP contribution in [0.15, 0.2) is 109 Å². The molecule has 0 saturated heterocycles. The second-order valence-corrected chi connectivity index (χ2v) is 9.71. The summed E-state index contributed by atoms with van der Waals surface area (Å²) in [5, 5.41) is 6.12. The summed E-state index contributed by atoms with van der Waals surface area (Å²) < 4.78 is 5.93. The minimum absolute atomic E-state index is 0.287. The van der Waals surface area contributed by atoms with Crippen molar-refractivity contribution in [2.45, 2.75) is 25.3 Å². The normalized spacial score (nSPS) is 20.2. The van der Waals surface area contributed by atoms with Gasteiger partial charge >= 0.3 is 0 Å². The molecule has 1 aliphatic carbocycles. The van der Waals surface area contributed by atoms with E-state index in [1.165, 1.54) is 27.8 Å². The third-order valence-electron chi connectivity index (χ3n) is 7.40. The first kappa shape index (κ1) is 22.4. The van der Waals surface area contributed by atoms with Gasteiger partial charge < -0.3 is 10.1 Å². The number of aryl methyl sites for hydroxylation is 1.